The average Bonchev–Trinajstić information content (AvgIpc) is 2.80. The Balaban J connectivity index is 0.00000242. The molecule has 1 aromatic heterocycles. The number of aromatic nitrogens is 2. The molecule has 0 saturated carbocycles. The number of rotatable bonds is 4. The van der Waals surface area contributed by atoms with Crippen LogP contribution < -0.4 is 10.6 Å². The number of H-pyrrole nitrogens is 1. The van der Waals surface area contributed by atoms with Gasteiger partial charge in [-0.05, 0) is 20.8 Å². The summed E-state index contributed by atoms with van der Waals surface area (Å²) in [5.41, 5.74) is 2.20. The van der Waals surface area contributed by atoms with Crippen LogP contribution in [0.4, 0.5) is 0 Å². The molecular formula is C13H23ClN4O3S. The number of nitrogens with one attached hydrogen (secondary N) is 3. The van der Waals surface area contributed by atoms with Crippen LogP contribution in [-0.4, -0.2) is 48.1 Å². The largest absolute Gasteiger partial charge is 0.350 e. The van der Waals surface area contributed by atoms with E-state index in [4.69, 9.17) is 0 Å². The standard InChI is InChI=1S/C13H22N4O3S.ClH/c1-13(2,3)21(19,20)7-6-15-12(18)11-9-8-14-5-4-10(9)16-17-11;/h14H,4-8H2,1-3H3,(H,15,18)(H,16,17);1H. The van der Waals surface area contributed by atoms with Crippen LogP contribution in [0.2, 0.25) is 0 Å². The fourth-order valence-corrected chi connectivity index (χ4v) is 3.09. The van der Waals surface area contributed by atoms with Crippen molar-refractivity contribution in [3.63, 3.8) is 0 Å². The van der Waals surface area contributed by atoms with Crippen molar-refractivity contribution in [1.82, 2.24) is 20.8 Å². The van der Waals surface area contributed by atoms with Gasteiger partial charge in [0.15, 0.2) is 15.5 Å². The third-order valence-corrected chi connectivity index (χ3v) is 6.22. The number of fused-ring (bicyclic) bond motifs is 1. The maximum Gasteiger partial charge on any atom is 0.272 e. The predicted molar refractivity (Wildman–Crippen MR) is 87.1 cm³/mol. The lowest BCUT2D eigenvalue weighted by atomic mass is 10.1. The molecule has 1 aliphatic rings. The Hall–Kier alpha value is -1.12. The first-order valence-electron chi connectivity index (χ1n) is 7.00. The molecule has 1 amide bonds. The summed E-state index contributed by atoms with van der Waals surface area (Å²) in [5.74, 6) is -0.409. The van der Waals surface area contributed by atoms with Crippen molar-refractivity contribution in [2.24, 2.45) is 0 Å². The van der Waals surface area contributed by atoms with Gasteiger partial charge in [0.25, 0.3) is 5.91 Å². The van der Waals surface area contributed by atoms with Gasteiger partial charge in [0.05, 0.1) is 10.5 Å². The van der Waals surface area contributed by atoms with E-state index >= 15 is 0 Å². The monoisotopic (exact) mass is 350 g/mol. The molecule has 0 bridgehead atoms. The first-order chi connectivity index (χ1) is 9.72. The molecule has 0 aliphatic carbocycles. The zero-order chi connectivity index (χ0) is 15.7. The van der Waals surface area contributed by atoms with Gasteiger partial charge in [0.1, 0.15) is 0 Å². The molecule has 126 valence electrons. The summed E-state index contributed by atoms with van der Waals surface area (Å²) >= 11 is 0. The van der Waals surface area contributed by atoms with E-state index in [0.717, 1.165) is 24.2 Å². The summed E-state index contributed by atoms with van der Waals surface area (Å²) in [6, 6.07) is 0. The van der Waals surface area contributed by atoms with Crippen molar-refractivity contribution in [1.29, 1.82) is 0 Å². The van der Waals surface area contributed by atoms with Crippen molar-refractivity contribution < 1.29 is 13.2 Å². The van der Waals surface area contributed by atoms with Gasteiger partial charge in [-0.1, -0.05) is 0 Å². The number of hydrogen-bond acceptors (Lipinski definition) is 5. The van der Waals surface area contributed by atoms with E-state index in [1.165, 1.54) is 0 Å². The molecule has 3 N–H and O–H groups in total. The minimum atomic E-state index is -3.23. The van der Waals surface area contributed by atoms with Crippen molar-refractivity contribution in [2.75, 3.05) is 18.8 Å². The Labute approximate surface area is 137 Å². The van der Waals surface area contributed by atoms with Crippen molar-refractivity contribution in [3.8, 4) is 0 Å². The van der Waals surface area contributed by atoms with Crippen LogP contribution in [0.15, 0.2) is 0 Å². The number of hydrogen-bond donors (Lipinski definition) is 3. The second-order valence-corrected chi connectivity index (χ2v) is 9.01. The van der Waals surface area contributed by atoms with Crippen LogP contribution in [-0.2, 0) is 22.8 Å². The highest BCUT2D eigenvalue weighted by Gasteiger charge is 2.29. The number of aromatic amines is 1. The number of halogens is 1. The number of sulfone groups is 1. The van der Waals surface area contributed by atoms with Crippen molar-refractivity contribution >= 4 is 28.2 Å². The lowest BCUT2D eigenvalue weighted by molar-refractivity contribution is 0.0950. The average molecular weight is 351 g/mol. The first-order valence-corrected chi connectivity index (χ1v) is 8.65. The molecule has 2 heterocycles. The Bertz CT molecular complexity index is 634. The molecule has 7 nitrogen and oxygen atoms in total. The van der Waals surface area contributed by atoms with E-state index in [-0.39, 0.29) is 30.6 Å². The summed E-state index contributed by atoms with van der Waals surface area (Å²) < 4.78 is 23.1. The van der Waals surface area contributed by atoms with Gasteiger partial charge in [0, 0.05) is 37.3 Å². The molecule has 0 spiro atoms. The molecule has 22 heavy (non-hydrogen) atoms. The van der Waals surface area contributed by atoms with Crippen LogP contribution in [0.3, 0.4) is 0 Å². The number of nitrogens with zero attached hydrogens (tertiary/aromatic N) is 1. The Morgan fingerprint density at radius 1 is 1.36 bits per heavy atom. The summed E-state index contributed by atoms with van der Waals surface area (Å²) in [6.07, 6.45) is 0.814. The van der Waals surface area contributed by atoms with Crippen LogP contribution in [0, 0.1) is 0 Å². The maximum absolute atomic E-state index is 12.1. The fraction of sp³-hybridized carbons (Fsp3) is 0.692. The Kier molecular flexibility index (Phi) is 6.00. The SMILES string of the molecule is CC(C)(C)S(=O)(=O)CCNC(=O)c1n[nH]c2c1CNCC2.Cl. The highest BCUT2D eigenvalue weighted by atomic mass is 35.5. The fourth-order valence-electron chi connectivity index (χ4n) is 2.10. The van der Waals surface area contributed by atoms with E-state index in [2.05, 4.69) is 20.8 Å². The smallest absolute Gasteiger partial charge is 0.272 e. The van der Waals surface area contributed by atoms with Crippen LogP contribution in [0.5, 0.6) is 0 Å². The number of carbonyl (C=O) groups is 1. The zero-order valence-electron chi connectivity index (χ0n) is 13.0. The molecule has 9 heteroatoms. The summed E-state index contributed by atoms with van der Waals surface area (Å²) in [6.45, 7) is 6.52. The molecule has 0 unspecified atom stereocenters. The topological polar surface area (TPSA) is 104 Å². The third-order valence-electron chi connectivity index (χ3n) is 3.61. The van der Waals surface area contributed by atoms with E-state index in [1.54, 1.807) is 20.8 Å². The van der Waals surface area contributed by atoms with Crippen molar-refractivity contribution in [2.45, 2.75) is 38.5 Å². The number of amides is 1. The maximum atomic E-state index is 12.1. The number of carbonyl (C=O) groups excluding carboxylic acids is 1. The Morgan fingerprint density at radius 2 is 2.05 bits per heavy atom. The van der Waals surface area contributed by atoms with E-state index in [0.29, 0.717) is 12.2 Å². The highest BCUT2D eigenvalue weighted by molar-refractivity contribution is 7.92. The lowest BCUT2D eigenvalue weighted by Gasteiger charge is -2.19. The third kappa shape index (κ3) is 3.99. The van der Waals surface area contributed by atoms with Gasteiger partial charge in [0.2, 0.25) is 0 Å². The molecule has 0 atom stereocenters. The van der Waals surface area contributed by atoms with Gasteiger partial charge in [-0.15, -0.1) is 12.4 Å². The van der Waals surface area contributed by atoms with Gasteiger partial charge < -0.3 is 10.6 Å². The van der Waals surface area contributed by atoms with Crippen LogP contribution in [0.1, 0.15) is 42.5 Å². The van der Waals surface area contributed by atoms with Gasteiger partial charge in [-0.25, -0.2) is 8.42 Å². The van der Waals surface area contributed by atoms with Gasteiger partial charge in [-0.3, -0.25) is 9.89 Å². The molecule has 0 saturated heterocycles. The Morgan fingerprint density at radius 3 is 2.68 bits per heavy atom. The van der Waals surface area contributed by atoms with Gasteiger partial charge in [-0.2, -0.15) is 5.10 Å². The minimum absolute atomic E-state index is 0. The van der Waals surface area contributed by atoms with Crippen LogP contribution >= 0.6 is 12.4 Å². The first kappa shape index (κ1) is 18.9. The molecule has 0 fully saturated rings. The second kappa shape index (κ2) is 6.97. The predicted octanol–water partition coefficient (Wildman–Crippen LogP) is 0.420. The van der Waals surface area contributed by atoms with Crippen molar-refractivity contribution in [3.05, 3.63) is 17.0 Å². The van der Waals surface area contributed by atoms with Gasteiger partial charge >= 0.3 is 0 Å². The lowest BCUT2D eigenvalue weighted by Crippen LogP contribution is -2.37. The summed E-state index contributed by atoms with van der Waals surface area (Å²) in [7, 11) is -3.23. The molecular weight excluding hydrogens is 328 g/mol. The summed E-state index contributed by atoms with van der Waals surface area (Å²) in [4.78, 5) is 12.1. The summed E-state index contributed by atoms with van der Waals surface area (Å²) in [5, 5.41) is 12.7. The normalized spacial score (nSPS) is 14.9. The highest BCUT2D eigenvalue weighted by Crippen LogP contribution is 2.16. The molecule has 0 radical (unpaired) electrons. The van der Waals surface area contributed by atoms with E-state index < -0.39 is 14.6 Å². The molecule has 1 aliphatic heterocycles. The quantitative estimate of drug-likeness (QED) is 0.730. The molecule has 2 rings (SSSR count). The van der Waals surface area contributed by atoms with E-state index in [9.17, 15) is 13.2 Å². The molecule has 1 aromatic rings. The molecule has 0 aromatic carbocycles. The van der Waals surface area contributed by atoms with Crippen LogP contribution in [0.25, 0.3) is 0 Å². The zero-order valence-corrected chi connectivity index (χ0v) is 14.7. The minimum Gasteiger partial charge on any atom is -0.350 e. The second-order valence-electron chi connectivity index (χ2n) is 6.14. The van der Waals surface area contributed by atoms with E-state index in [1.807, 2.05) is 0 Å².